The number of rotatable bonds is 3. The summed E-state index contributed by atoms with van der Waals surface area (Å²) in [6.07, 6.45) is 0. The summed E-state index contributed by atoms with van der Waals surface area (Å²) in [5.41, 5.74) is 10.6. The summed E-state index contributed by atoms with van der Waals surface area (Å²) in [5.74, 6) is 1.16. The minimum absolute atomic E-state index is 0.258. The molecule has 0 aliphatic heterocycles. The van der Waals surface area contributed by atoms with Gasteiger partial charge in [-0.15, -0.1) is 0 Å². The minimum atomic E-state index is -0.290. The van der Waals surface area contributed by atoms with E-state index >= 15 is 0 Å². The fraction of sp³-hybridized carbons (Fsp3) is 0.333. The molecule has 1 atom stereocenters. The molecular weight excluding hydrogens is 265 g/mol. The summed E-state index contributed by atoms with van der Waals surface area (Å²) in [7, 11) is 0. The van der Waals surface area contributed by atoms with E-state index in [1.54, 1.807) is 13.0 Å². The smallest absolute Gasteiger partial charge is 0.132 e. The van der Waals surface area contributed by atoms with Crippen LogP contribution in [-0.4, -0.2) is 0 Å². The van der Waals surface area contributed by atoms with Crippen molar-refractivity contribution < 1.29 is 9.13 Å². The van der Waals surface area contributed by atoms with Gasteiger partial charge in [-0.2, -0.15) is 0 Å². The zero-order chi connectivity index (χ0) is 15.7. The fourth-order valence-corrected chi connectivity index (χ4v) is 2.34. The van der Waals surface area contributed by atoms with Crippen LogP contribution in [0.25, 0.3) is 0 Å². The van der Waals surface area contributed by atoms with Gasteiger partial charge < -0.3 is 10.5 Å². The first-order chi connectivity index (χ1) is 9.79. The predicted molar refractivity (Wildman–Crippen MR) is 84.5 cm³/mol. The SMILES string of the molecule is Cc1cc(C)c(C)c(Oc2cc(C)c(F)cc2C(C)N)c1. The van der Waals surface area contributed by atoms with E-state index in [9.17, 15) is 4.39 Å². The molecule has 0 fully saturated rings. The molecule has 1 unspecified atom stereocenters. The van der Waals surface area contributed by atoms with E-state index in [4.69, 9.17) is 10.5 Å². The number of hydrogen-bond acceptors (Lipinski definition) is 2. The molecule has 2 nitrogen and oxygen atoms in total. The normalized spacial score (nSPS) is 12.3. The molecule has 2 N–H and O–H groups in total. The summed E-state index contributed by atoms with van der Waals surface area (Å²) in [5, 5.41) is 0. The molecule has 0 spiro atoms. The van der Waals surface area contributed by atoms with E-state index in [0.717, 1.165) is 16.9 Å². The van der Waals surface area contributed by atoms with Crippen LogP contribution in [0.4, 0.5) is 4.39 Å². The number of ether oxygens (including phenoxy) is 1. The van der Waals surface area contributed by atoms with Crippen molar-refractivity contribution in [2.75, 3.05) is 0 Å². The van der Waals surface area contributed by atoms with Crippen LogP contribution in [0.15, 0.2) is 24.3 Å². The summed E-state index contributed by atoms with van der Waals surface area (Å²) in [6.45, 7) is 9.65. The Kier molecular flexibility index (Phi) is 4.33. The highest BCUT2D eigenvalue weighted by molar-refractivity contribution is 5.47. The van der Waals surface area contributed by atoms with Crippen molar-refractivity contribution in [2.24, 2.45) is 5.73 Å². The van der Waals surface area contributed by atoms with Gasteiger partial charge in [-0.25, -0.2) is 4.39 Å². The van der Waals surface area contributed by atoms with Crippen molar-refractivity contribution in [3.05, 3.63) is 57.9 Å². The maximum Gasteiger partial charge on any atom is 0.132 e. The van der Waals surface area contributed by atoms with Crippen molar-refractivity contribution in [1.82, 2.24) is 0 Å². The molecule has 21 heavy (non-hydrogen) atoms. The third-order valence-electron chi connectivity index (χ3n) is 3.77. The Morgan fingerprint density at radius 3 is 2.24 bits per heavy atom. The van der Waals surface area contributed by atoms with Crippen molar-refractivity contribution in [3.63, 3.8) is 0 Å². The van der Waals surface area contributed by atoms with Crippen LogP contribution in [0.5, 0.6) is 11.5 Å². The topological polar surface area (TPSA) is 35.2 Å². The van der Waals surface area contributed by atoms with E-state index < -0.39 is 0 Å². The molecule has 0 saturated heterocycles. The number of halogens is 1. The Morgan fingerprint density at radius 1 is 0.952 bits per heavy atom. The Hall–Kier alpha value is -1.87. The Bertz CT molecular complexity index is 677. The first kappa shape index (κ1) is 15.5. The fourth-order valence-electron chi connectivity index (χ4n) is 2.34. The zero-order valence-electron chi connectivity index (χ0n) is 13.3. The first-order valence-corrected chi connectivity index (χ1v) is 7.11. The molecule has 2 rings (SSSR count). The van der Waals surface area contributed by atoms with Gasteiger partial charge in [0.1, 0.15) is 17.3 Å². The Morgan fingerprint density at radius 2 is 1.62 bits per heavy atom. The highest BCUT2D eigenvalue weighted by Gasteiger charge is 2.14. The summed E-state index contributed by atoms with van der Waals surface area (Å²) >= 11 is 0. The molecule has 0 bridgehead atoms. The molecule has 0 aromatic heterocycles. The molecule has 112 valence electrons. The van der Waals surface area contributed by atoms with Crippen LogP contribution in [0.3, 0.4) is 0 Å². The van der Waals surface area contributed by atoms with Gasteiger partial charge in [0.2, 0.25) is 0 Å². The van der Waals surface area contributed by atoms with E-state index in [1.165, 1.54) is 11.6 Å². The quantitative estimate of drug-likeness (QED) is 0.874. The van der Waals surface area contributed by atoms with Crippen LogP contribution in [0.1, 0.15) is 40.8 Å². The highest BCUT2D eigenvalue weighted by atomic mass is 19.1. The van der Waals surface area contributed by atoms with Gasteiger partial charge >= 0.3 is 0 Å². The van der Waals surface area contributed by atoms with Crippen molar-refractivity contribution in [2.45, 2.75) is 40.7 Å². The largest absolute Gasteiger partial charge is 0.457 e. The van der Waals surface area contributed by atoms with Crippen LogP contribution >= 0.6 is 0 Å². The summed E-state index contributed by atoms with van der Waals surface area (Å²) < 4.78 is 19.8. The second-order valence-corrected chi connectivity index (χ2v) is 5.73. The molecule has 0 aliphatic carbocycles. The number of benzene rings is 2. The van der Waals surface area contributed by atoms with Gasteiger partial charge in [0.25, 0.3) is 0 Å². The zero-order valence-corrected chi connectivity index (χ0v) is 13.3. The maximum absolute atomic E-state index is 13.8. The second kappa shape index (κ2) is 5.86. The second-order valence-electron chi connectivity index (χ2n) is 5.73. The van der Waals surface area contributed by atoms with E-state index in [1.807, 2.05) is 26.8 Å². The van der Waals surface area contributed by atoms with Crippen LogP contribution in [0.2, 0.25) is 0 Å². The minimum Gasteiger partial charge on any atom is -0.457 e. The molecule has 0 heterocycles. The molecule has 3 heteroatoms. The number of nitrogens with two attached hydrogens (primary N) is 1. The maximum atomic E-state index is 13.8. The van der Waals surface area contributed by atoms with Crippen molar-refractivity contribution >= 4 is 0 Å². The van der Waals surface area contributed by atoms with Gasteiger partial charge in [0, 0.05) is 11.6 Å². The van der Waals surface area contributed by atoms with Crippen molar-refractivity contribution in [1.29, 1.82) is 0 Å². The molecule has 0 amide bonds. The molecule has 2 aromatic rings. The van der Waals surface area contributed by atoms with Gasteiger partial charge in [-0.3, -0.25) is 0 Å². The third kappa shape index (κ3) is 3.24. The van der Waals surface area contributed by atoms with Crippen molar-refractivity contribution in [3.8, 4) is 11.5 Å². The highest BCUT2D eigenvalue weighted by Crippen LogP contribution is 2.34. The van der Waals surface area contributed by atoms with Gasteiger partial charge in [-0.1, -0.05) is 6.07 Å². The number of aryl methyl sites for hydroxylation is 3. The van der Waals surface area contributed by atoms with Crippen LogP contribution in [-0.2, 0) is 0 Å². The van der Waals surface area contributed by atoms with E-state index in [0.29, 0.717) is 16.9 Å². The molecule has 0 radical (unpaired) electrons. The van der Waals surface area contributed by atoms with Gasteiger partial charge in [-0.05, 0) is 75.1 Å². The lowest BCUT2D eigenvalue weighted by atomic mass is 10.0. The lowest BCUT2D eigenvalue weighted by Gasteiger charge is -2.17. The Labute approximate surface area is 125 Å². The Balaban J connectivity index is 2.51. The first-order valence-electron chi connectivity index (χ1n) is 7.11. The molecule has 0 aliphatic rings. The summed E-state index contributed by atoms with van der Waals surface area (Å²) in [4.78, 5) is 0. The molecule has 0 saturated carbocycles. The predicted octanol–water partition coefficient (Wildman–Crippen LogP) is 4.87. The lowest BCUT2D eigenvalue weighted by Crippen LogP contribution is -2.08. The standard InChI is InChI=1S/C18H22FNO/c1-10-6-11(2)13(4)17(7-10)21-18-8-12(3)16(19)9-15(18)14(5)20/h6-9,14H,20H2,1-5H3. The van der Waals surface area contributed by atoms with Gasteiger partial charge in [0.05, 0.1) is 0 Å². The van der Waals surface area contributed by atoms with Gasteiger partial charge in [0.15, 0.2) is 0 Å². The molecular formula is C18H22FNO. The van der Waals surface area contributed by atoms with Crippen LogP contribution < -0.4 is 10.5 Å². The number of hydrogen-bond donors (Lipinski definition) is 1. The average molecular weight is 287 g/mol. The summed E-state index contributed by atoms with van der Waals surface area (Å²) in [6, 6.07) is 7.00. The molecule has 2 aromatic carbocycles. The van der Waals surface area contributed by atoms with Crippen LogP contribution in [0, 0.1) is 33.5 Å². The monoisotopic (exact) mass is 287 g/mol. The lowest BCUT2D eigenvalue weighted by molar-refractivity contribution is 0.464. The van der Waals surface area contributed by atoms with E-state index in [-0.39, 0.29) is 11.9 Å². The van der Waals surface area contributed by atoms with E-state index in [2.05, 4.69) is 13.0 Å². The average Bonchev–Trinajstić information content (AvgIpc) is 2.39. The third-order valence-corrected chi connectivity index (χ3v) is 3.77.